The largest absolute Gasteiger partial charge is 0.497 e. The van der Waals surface area contributed by atoms with E-state index < -0.39 is 11.6 Å². The van der Waals surface area contributed by atoms with Gasteiger partial charge in [0.2, 0.25) is 5.78 Å². The summed E-state index contributed by atoms with van der Waals surface area (Å²) < 4.78 is 35.7. The van der Waals surface area contributed by atoms with E-state index in [9.17, 15) is 13.6 Å². The van der Waals surface area contributed by atoms with Crippen LogP contribution in [0, 0.1) is 11.6 Å². The SMILES string of the molecule is COc1ccc(Cn2c(=O)c3ccccc3n3c(-c4ccc(F)c(F)c4)nnc23)cc1. The van der Waals surface area contributed by atoms with Crippen molar-refractivity contribution < 1.29 is 13.5 Å². The second kappa shape index (κ2) is 7.32. The van der Waals surface area contributed by atoms with E-state index >= 15 is 0 Å². The molecule has 0 N–H and O–H groups in total. The van der Waals surface area contributed by atoms with Crippen LogP contribution in [0.3, 0.4) is 0 Å². The van der Waals surface area contributed by atoms with Crippen LogP contribution in [-0.2, 0) is 6.54 Å². The Labute approximate surface area is 175 Å². The molecule has 5 aromatic rings. The van der Waals surface area contributed by atoms with Crippen molar-refractivity contribution in [3.63, 3.8) is 0 Å². The maximum absolute atomic E-state index is 13.9. The number of ether oxygens (including phenoxy) is 1. The third-order valence-corrected chi connectivity index (χ3v) is 5.19. The Kier molecular flexibility index (Phi) is 4.47. The lowest BCUT2D eigenvalue weighted by Gasteiger charge is -2.12. The van der Waals surface area contributed by atoms with Gasteiger partial charge in [-0.05, 0) is 48.0 Å². The molecule has 3 aromatic carbocycles. The number of aromatic nitrogens is 4. The Balaban J connectivity index is 1.77. The van der Waals surface area contributed by atoms with Gasteiger partial charge < -0.3 is 4.74 Å². The van der Waals surface area contributed by atoms with Gasteiger partial charge in [0.25, 0.3) is 5.56 Å². The molecule has 0 aliphatic heterocycles. The predicted octanol–water partition coefficient (Wildman–Crippen LogP) is 4.05. The van der Waals surface area contributed by atoms with Gasteiger partial charge >= 0.3 is 0 Å². The van der Waals surface area contributed by atoms with Crippen LogP contribution in [0.5, 0.6) is 5.75 Å². The fourth-order valence-electron chi connectivity index (χ4n) is 3.64. The standard InChI is InChI=1S/C23H16F2N4O2/c1-31-16-9-6-14(7-10-16)13-28-22(30)17-4-2-3-5-20(17)29-21(26-27-23(28)29)15-8-11-18(24)19(25)12-15/h2-12H,13H2,1H3. The number of halogens is 2. The fraction of sp³-hybridized carbons (Fsp3) is 0.0870. The molecule has 0 bridgehead atoms. The lowest BCUT2D eigenvalue weighted by Crippen LogP contribution is -2.24. The molecule has 0 spiro atoms. The maximum atomic E-state index is 13.9. The molecule has 154 valence electrons. The molecule has 0 amide bonds. The van der Waals surface area contributed by atoms with Crippen molar-refractivity contribution in [3.05, 3.63) is 94.3 Å². The number of fused-ring (bicyclic) bond motifs is 3. The Morgan fingerprint density at radius 2 is 1.71 bits per heavy atom. The normalized spacial score (nSPS) is 11.3. The smallest absolute Gasteiger partial charge is 0.263 e. The molecule has 0 aliphatic rings. The highest BCUT2D eigenvalue weighted by Gasteiger charge is 2.18. The van der Waals surface area contributed by atoms with Crippen molar-refractivity contribution in [1.29, 1.82) is 0 Å². The molecule has 8 heteroatoms. The van der Waals surface area contributed by atoms with Crippen LogP contribution in [-0.4, -0.2) is 26.3 Å². The molecule has 0 aliphatic carbocycles. The third-order valence-electron chi connectivity index (χ3n) is 5.19. The van der Waals surface area contributed by atoms with Crippen LogP contribution >= 0.6 is 0 Å². The monoisotopic (exact) mass is 418 g/mol. The molecular formula is C23H16F2N4O2. The first-order valence-corrected chi connectivity index (χ1v) is 9.52. The molecule has 0 radical (unpaired) electrons. The Morgan fingerprint density at radius 3 is 2.45 bits per heavy atom. The number of nitrogens with zero attached hydrogens (tertiary/aromatic N) is 4. The molecule has 0 atom stereocenters. The quantitative estimate of drug-likeness (QED) is 0.442. The van der Waals surface area contributed by atoms with Crippen LogP contribution in [0.25, 0.3) is 28.1 Å². The van der Waals surface area contributed by atoms with Gasteiger partial charge in [0.1, 0.15) is 5.75 Å². The first-order valence-electron chi connectivity index (χ1n) is 9.52. The molecular weight excluding hydrogens is 402 g/mol. The van der Waals surface area contributed by atoms with Crippen LogP contribution < -0.4 is 10.3 Å². The van der Waals surface area contributed by atoms with E-state index in [4.69, 9.17) is 4.74 Å². The van der Waals surface area contributed by atoms with Gasteiger partial charge in [0, 0.05) is 5.56 Å². The van der Waals surface area contributed by atoms with Crippen LogP contribution in [0.4, 0.5) is 8.78 Å². The van der Waals surface area contributed by atoms with E-state index in [1.807, 2.05) is 24.3 Å². The van der Waals surface area contributed by atoms with E-state index in [0.717, 1.165) is 17.7 Å². The summed E-state index contributed by atoms with van der Waals surface area (Å²) in [7, 11) is 1.59. The Morgan fingerprint density at radius 1 is 0.935 bits per heavy atom. The number of hydrogen-bond donors (Lipinski definition) is 0. The van der Waals surface area contributed by atoms with E-state index in [1.54, 1.807) is 35.8 Å². The highest BCUT2D eigenvalue weighted by atomic mass is 19.2. The zero-order valence-corrected chi connectivity index (χ0v) is 16.4. The Hall–Kier alpha value is -4.07. The summed E-state index contributed by atoms with van der Waals surface area (Å²) in [5.41, 5.74) is 1.59. The summed E-state index contributed by atoms with van der Waals surface area (Å²) in [5.74, 6) is -0.598. The van der Waals surface area contributed by atoms with E-state index in [2.05, 4.69) is 10.2 Å². The van der Waals surface area contributed by atoms with E-state index in [1.165, 1.54) is 10.6 Å². The number of para-hydroxylation sites is 1. The van der Waals surface area contributed by atoms with Crippen molar-refractivity contribution in [2.45, 2.75) is 6.54 Å². The first-order chi connectivity index (χ1) is 15.1. The van der Waals surface area contributed by atoms with Crippen molar-refractivity contribution in [3.8, 4) is 17.1 Å². The van der Waals surface area contributed by atoms with Crippen LogP contribution in [0.2, 0.25) is 0 Å². The zero-order valence-electron chi connectivity index (χ0n) is 16.4. The summed E-state index contributed by atoms with van der Waals surface area (Å²) in [4.78, 5) is 13.3. The van der Waals surface area contributed by atoms with Crippen LogP contribution in [0.1, 0.15) is 5.56 Å². The predicted molar refractivity (Wildman–Crippen MR) is 112 cm³/mol. The van der Waals surface area contributed by atoms with Crippen molar-refractivity contribution >= 4 is 16.7 Å². The third kappa shape index (κ3) is 3.13. The number of benzene rings is 3. The van der Waals surface area contributed by atoms with Gasteiger partial charge in [-0.3, -0.25) is 13.8 Å². The fourth-order valence-corrected chi connectivity index (χ4v) is 3.64. The first kappa shape index (κ1) is 18.9. The summed E-state index contributed by atoms with van der Waals surface area (Å²) in [6, 6.07) is 18.0. The Bertz CT molecular complexity index is 1490. The number of hydrogen-bond acceptors (Lipinski definition) is 4. The lowest BCUT2D eigenvalue weighted by atomic mass is 10.2. The van der Waals surface area contributed by atoms with Crippen molar-refractivity contribution in [1.82, 2.24) is 19.2 Å². The van der Waals surface area contributed by atoms with Gasteiger partial charge in [0.05, 0.1) is 24.6 Å². The second-order valence-electron chi connectivity index (χ2n) is 7.04. The topological polar surface area (TPSA) is 61.4 Å². The highest BCUT2D eigenvalue weighted by Crippen LogP contribution is 2.24. The van der Waals surface area contributed by atoms with Gasteiger partial charge in [-0.1, -0.05) is 24.3 Å². The second-order valence-corrected chi connectivity index (χ2v) is 7.04. The molecule has 0 saturated heterocycles. The van der Waals surface area contributed by atoms with Crippen LogP contribution in [0.15, 0.2) is 71.5 Å². The summed E-state index contributed by atoms with van der Waals surface area (Å²) >= 11 is 0. The molecule has 2 heterocycles. The number of methoxy groups -OCH3 is 1. The van der Waals surface area contributed by atoms with Gasteiger partial charge in [-0.25, -0.2) is 8.78 Å². The molecule has 2 aromatic heterocycles. The minimum absolute atomic E-state index is 0.219. The molecule has 0 unspecified atom stereocenters. The van der Waals surface area contributed by atoms with E-state index in [0.29, 0.717) is 33.8 Å². The maximum Gasteiger partial charge on any atom is 0.263 e. The molecule has 0 saturated carbocycles. The molecule has 5 rings (SSSR count). The van der Waals surface area contributed by atoms with Crippen molar-refractivity contribution in [2.75, 3.05) is 7.11 Å². The molecule has 6 nitrogen and oxygen atoms in total. The van der Waals surface area contributed by atoms with Gasteiger partial charge in [0.15, 0.2) is 17.5 Å². The highest BCUT2D eigenvalue weighted by molar-refractivity contribution is 5.82. The van der Waals surface area contributed by atoms with Crippen molar-refractivity contribution in [2.24, 2.45) is 0 Å². The summed E-state index contributed by atoms with van der Waals surface area (Å²) in [6.07, 6.45) is 0. The minimum Gasteiger partial charge on any atom is -0.497 e. The lowest BCUT2D eigenvalue weighted by molar-refractivity contribution is 0.414. The summed E-state index contributed by atoms with van der Waals surface area (Å²) in [6.45, 7) is 0.257. The number of rotatable bonds is 4. The van der Waals surface area contributed by atoms with E-state index in [-0.39, 0.29) is 12.1 Å². The van der Waals surface area contributed by atoms with Gasteiger partial charge in [-0.2, -0.15) is 0 Å². The van der Waals surface area contributed by atoms with Gasteiger partial charge in [-0.15, -0.1) is 10.2 Å². The summed E-state index contributed by atoms with van der Waals surface area (Å²) in [5, 5.41) is 8.89. The zero-order chi connectivity index (χ0) is 21.5. The average Bonchev–Trinajstić information content (AvgIpc) is 3.24. The minimum atomic E-state index is -0.981. The molecule has 0 fully saturated rings. The molecule has 31 heavy (non-hydrogen) atoms. The average molecular weight is 418 g/mol.